The van der Waals surface area contributed by atoms with Gasteiger partial charge in [0.05, 0.1) is 11.8 Å². The molecular formula is C23H24N4O2S. The van der Waals surface area contributed by atoms with Crippen LogP contribution in [0.5, 0.6) is 0 Å². The molecule has 154 valence electrons. The van der Waals surface area contributed by atoms with Gasteiger partial charge in [0.25, 0.3) is 5.91 Å². The number of rotatable bonds is 6. The number of Topliss-reactive ketones (excluding diaryl/α,β-unsaturated/α-hetero) is 1. The molecule has 2 aromatic carbocycles. The first-order valence-corrected chi connectivity index (χ1v) is 11.0. The number of ketones is 1. The lowest BCUT2D eigenvalue weighted by Gasteiger charge is -2.24. The standard InChI is InChI=1S/C23H24N4O2S/c1-16-10-12-18(13-11-16)22(29)27-14-6-9-19(27)21-24-25-23(26(21)2)30-15-20(28)17-7-4-3-5-8-17/h3-5,7-8,10-13,19H,6,9,14-15H2,1-2H3. The quantitative estimate of drug-likeness (QED) is 0.444. The summed E-state index contributed by atoms with van der Waals surface area (Å²) in [5.41, 5.74) is 2.51. The second-order valence-electron chi connectivity index (χ2n) is 7.50. The highest BCUT2D eigenvalue weighted by molar-refractivity contribution is 7.99. The van der Waals surface area contributed by atoms with Crippen LogP contribution in [0.4, 0.5) is 0 Å². The van der Waals surface area contributed by atoms with Gasteiger partial charge in [0.15, 0.2) is 16.8 Å². The van der Waals surface area contributed by atoms with Gasteiger partial charge in [0, 0.05) is 24.7 Å². The highest BCUT2D eigenvalue weighted by Crippen LogP contribution is 2.33. The maximum Gasteiger partial charge on any atom is 0.254 e. The topological polar surface area (TPSA) is 68.1 Å². The summed E-state index contributed by atoms with van der Waals surface area (Å²) in [6.07, 6.45) is 1.79. The predicted molar refractivity (Wildman–Crippen MR) is 117 cm³/mol. The third-order valence-electron chi connectivity index (χ3n) is 5.41. The Morgan fingerprint density at radius 3 is 2.50 bits per heavy atom. The van der Waals surface area contributed by atoms with E-state index in [1.165, 1.54) is 11.8 Å². The van der Waals surface area contributed by atoms with E-state index in [-0.39, 0.29) is 17.7 Å². The molecule has 30 heavy (non-hydrogen) atoms. The summed E-state index contributed by atoms with van der Waals surface area (Å²) >= 11 is 1.37. The summed E-state index contributed by atoms with van der Waals surface area (Å²) in [6.45, 7) is 2.72. The van der Waals surface area contributed by atoms with Crippen molar-refractivity contribution in [2.45, 2.75) is 31.0 Å². The van der Waals surface area contributed by atoms with Crippen LogP contribution in [0.25, 0.3) is 0 Å². The van der Waals surface area contributed by atoms with Crippen molar-refractivity contribution in [3.63, 3.8) is 0 Å². The lowest BCUT2D eigenvalue weighted by atomic mass is 10.1. The number of hydrogen-bond acceptors (Lipinski definition) is 5. The largest absolute Gasteiger partial charge is 0.328 e. The van der Waals surface area contributed by atoms with Crippen LogP contribution in [0.1, 0.15) is 51.0 Å². The molecule has 6 nitrogen and oxygen atoms in total. The number of amides is 1. The zero-order valence-corrected chi connectivity index (χ0v) is 17.9. The Hall–Kier alpha value is -2.93. The molecule has 1 aliphatic rings. The highest BCUT2D eigenvalue weighted by atomic mass is 32.2. The molecule has 1 atom stereocenters. The number of aryl methyl sites for hydroxylation is 1. The molecule has 2 heterocycles. The molecule has 1 unspecified atom stereocenters. The SMILES string of the molecule is Cc1ccc(C(=O)N2CCCC2c2nnc(SCC(=O)c3ccccc3)n2C)cc1. The van der Waals surface area contributed by atoms with Crippen LogP contribution in [0.15, 0.2) is 59.8 Å². The van der Waals surface area contributed by atoms with Crippen LogP contribution in [0, 0.1) is 6.92 Å². The monoisotopic (exact) mass is 420 g/mol. The van der Waals surface area contributed by atoms with E-state index in [0.29, 0.717) is 28.6 Å². The number of carbonyl (C=O) groups is 2. The minimum atomic E-state index is -0.101. The fraction of sp³-hybridized carbons (Fsp3) is 0.304. The summed E-state index contributed by atoms with van der Waals surface area (Å²) in [7, 11) is 1.90. The zero-order valence-electron chi connectivity index (χ0n) is 17.1. The second-order valence-corrected chi connectivity index (χ2v) is 8.44. The normalized spacial score (nSPS) is 16.1. The first-order valence-electron chi connectivity index (χ1n) is 10.0. The van der Waals surface area contributed by atoms with Gasteiger partial charge in [0.1, 0.15) is 0 Å². The van der Waals surface area contributed by atoms with Crippen molar-refractivity contribution in [1.82, 2.24) is 19.7 Å². The van der Waals surface area contributed by atoms with Gasteiger partial charge >= 0.3 is 0 Å². The van der Waals surface area contributed by atoms with E-state index in [9.17, 15) is 9.59 Å². The van der Waals surface area contributed by atoms with Gasteiger partial charge in [-0.05, 0) is 31.9 Å². The van der Waals surface area contributed by atoms with Gasteiger partial charge in [-0.2, -0.15) is 0 Å². The highest BCUT2D eigenvalue weighted by Gasteiger charge is 2.34. The maximum atomic E-state index is 13.1. The minimum Gasteiger partial charge on any atom is -0.328 e. The van der Waals surface area contributed by atoms with E-state index in [2.05, 4.69) is 10.2 Å². The van der Waals surface area contributed by atoms with E-state index >= 15 is 0 Å². The van der Waals surface area contributed by atoms with Crippen molar-refractivity contribution in [3.8, 4) is 0 Å². The fourth-order valence-electron chi connectivity index (χ4n) is 3.72. The smallest absolute Gasteiger partial charge is 0.254 e. The molecule has 4 rings (SSSR count). The van der Waals surface area contributed by atoms with Crippen LogP contribution in [-0.4, -0.2) is 43.7 Å². The van der Waals surface area contributed by atoms with Crippen molar-refractivity contribution in [1.29, 1.82) is 0 Å². The molecule has 0 bridgehead atoms. The van der Waals surface area contributed by atoms with Crippen molar-refractivity contribution in [2.75, 3.05) is 12.3 Å². The second kappa shape index (κ2) is 8.83. The van der Waals surface area contributed by atoms with Crippen molar-refractivity contribution in [2.24, 2.45) is 7.05 Å². The summed E-state index contributed by atoms with van der Waals surface area (Å²) < 4.78 is 1.91. The van der Waals surface area contributed by atoms with E-state index in [1.54, 1.807) is 0 Å². The predicted octanol–water partition coefficient (Wildman–Crippen LogP) is 4.08. The molecule has 1 saturated heterocycles. The molecule has 1 amide bonds. The van der Waals surface area contributed by atoms with E-state index in [4.69, 9.17) is 0 Å². The molecule has 0 spiro atoms. The molecule has 0 aliphatic carbocycles. The Labute approximate surface area is 180 Å². The Bertz CT molecular complexity index is 1050. The molecular weight excluding hydrogens is 396 g/mol. The Balaban J connectivity index is 1.47. The van der Waals surface area contributed by atoms with E-state index in [1.807, 2.05) is 78.0 Å². The van der Waals surface area contributed by atoms with Crippen LogP contribution < -0.4 is 0 Å². The summed E-state index contributed by atoms with van der Waals surface area (Å²) in [4.78, 5) is 27.3. The summed E-state index contributed by atoms with van der Waals surface area (Å²) in [6, 6.07) is 16.8. The number of aromatic nitrogens is 3. The van der Waals surface area contributed by atoms with Gasteiger partial charge in [0.2, 0.25) is 0 Å². The minimum absolute atomic E-state index is 0.0222. The zero-order chi connectivity index (χ0) is 21.1. The molecule has 0 saturated carbocycles. The van der Waals surface area contributed by atoms with Crippen LogP contribution >= 0.6 is 11.8 Å². The Morgan fingerprint density at radius 1 is 1.03 bits per heavy atom. The molecule has 3 aromatic rings. The molecule has 1 fully saturated rings. The van der Waals surface area contributed by atoms with Gasteiger partial charge in [-0.25, -0.2) is 0 Å². The molecule has 0 radical (unpaired) electrons. The number of thioether (sulfide) groups is 1. The number of carbonyl (C=O) groups excluding carboxylic acids is 2. The lowest BCUT2D eigenvalue weighted by Crippen LogP contribution is -2.31. The van der Waals surface area contributed by atoms with Crippen LogP contribution in [-0.2, 0) is 7.05 Å². The molecule has 7 heteroatoms. The molecule has 1 aliphatic heterocycles. The maximum absolute atomic E-state index is 13.1. The van der Waals surface area contributed by atoms with Crippen molar-refractivity contribution in [3.05, 3.63) is 77.1 Å². The first kappa shape index (κ1) is 20.3. The van der Waals surface area contributed by atoms with E-state index < -0.39 is 0 Å². The van der Waals surface area contributed by atoms with Crippen molar-refractivity contribution < 1.29 is 9.59 Å². The van der Waals surface area contributed by atoms with Gasteiger partial charge in [-0.15, -0.1) is 10.2 Å². The third-order valence-corrected chi connectivity index (χ3v) is 6.43. The summed E-state index contributed by atoms with van der Waals surface area (Å²) in [5.74, 6) is 1.14. The number of benzene rings is 2. The van der Waals surface area contributed by atoms with Crippen molar-refractivity contribution >= 4 is 23.5 Å². The average molecular weight is 421 g/mol. The summed E-state index contributed by atoms with van der Waals surface area (Å²) in [5, 5.41) is 9.35. The van der Waals surface area contributed by atoms with Crippen LogP contribution in [0.3, 0.4) is 0 Å². The number of nitrogens with zero attached hydrogens (tertiary/aromatic N) is 4. The molecule has 0 N–H and O–H groups in total. The molecule has 1 aromatic heterocycles. The van der Waals surface area contributed by atoms with E-state index in [0.717, 1.165) is 24.2 Å². The van der Waals surface area contributed by atoms with Gasteiger partial charge in [-0.3, -0.25) is 9.59 Å². The Kier molecular flexibility index (Phi) is 5.99. The average Bonchev–Trinajstić information content (AvgIpc) is 3.39. The van der Waals surface area contributed by atoms with Gasteiger partial charge in [-0.1, -0.05) is 59.8 Å². The van der Waals surface area contributed by atoms with Crippen LogP contribution in [0.2, 0.25) is 0 Å². The number of likely N-dealkylation sites (tertiary alicyclic amines) is 1. The first-order chi connectivity index (χ1) is 14.5. The lowest BCUT2D eigenvalue weighted by molar-refractivity contribution is 0.0727. The fourth-order valence-corrected chi connectivity index (χ4v) is 4.53. The van der Waals surface area contributed by atoms with Gasteiger partial charge < -0.3 is 9.47 Å². The Morgan fingerprint density at radius 2 is 1.77 bits per heavy atom. The third kappa shape index (κ3) is 4.16. The number of hydrogen-bond donors (Lipinski definition) is 0.